The van der Waals surface area contributed by atoms with Gasteiger partial charge in [-0.05, 0) is 32.8 Å². The van der Waals surface area contributed by atoms with Crippen molar-refractivity contribution in [2.24, 2.45) is 5.92 Å². The fourth-order valence-electron chi connectivity index (χ4n) is 2.29. The average molecular weight is 253 g/mol. The number of halogens is 1. The number of rotatable bonds is 5. The molecule has 0 aromatic heterocycles. The fraction of sp³-hybridized carbons (Fsp3) is 0.600. The van der Waals surface area contributed by atoms with Crippen LogP contribution in [0.5, 0.6) is 5.75 Å². The second kappa shape index (κ2) is 6.19. The van der Waals surface area contributed by atoms with Crippen LogP contribution in [0.1, 0.15) is 46.2 Å². The third-order valence-corrected chi connectivity index (χ3v) is 3.18. The Hall–Kier alpha value is -1.09. The van der Waals surface area contributed by atoms with E-state index >= 15 is 0 Å². The zero-order valence-electron chi connectivity index (χ0n) is 11.9. The van der Waals surface area contributed by atoms with E-state index in [2.05, 4.69) is 39.5 Å². The van der Waals surface area contributed by atoms with E-state index in [4.69, 9.17) is 0 Å². The summed E-state index contributed by atoms with van der Waals surface area (Å²) in [6, 6.07) is 4.71. The monoisotopic (exact) mass is 253 g/mol. The van der Waals surface area contributed by atoms with Crippen molar-refractivity contribution in [3.63, 3.8) is 0 Å². The Kier molecular flexibility index (Phi) is 5.15. The Bertz CT molecular complexity index is 390. The molecule has 1 atom stereocenters. The van der Waals surface area contributed by atoms with Crippen molar-refractivity contribution in [1.82, 2.24) is 4.90 Å². The van der Waals surface area contributed by atoms with Gasteiger partial charge in [0.25, 0.3) is 0 Å². The zero-order valence-corrected chi connectivity index (χ0v) is 11.9. The molecule has 0 aliphatic carbocycles. The maximum absolute atomic E-state index is 13.0. The van der Waals surface area contributed by atoms with Gasteiger partial charge in [-0.15, -0.1) is 0 Å². The summed E-state index contributed by atoms with van der Waals surface area (Å²) in [5.41, 5.74) is 0.783. The standard InChI is InChI=1S/C15H24FNO/c1-10(2)9-17(11(3)4)12(5)14-7-6-13(16)8-15(14)18/h6-8,10-12,18H,9H2,1-5H3. The molecule has 0 saturated carbocycles. The van der Waals surface area contributed by atoms with E-state index in [0.717, 1.165) is 12.1 Å². The highest BCUT2D eigenvalue weighted by Crippen LogP contribution is 2.30. The Labute approximate surface area is 109 Å². The van der Waals surface area contributed by atoms with Crippen LogP contribution in [0.3, 0.4) is 0 Å². The molecule has 1 rings (SSSR count). The number of aromatic hydroxyl groups is 1. The van der Waals surface area contributed by atoms with Gasteiger partial charge in [-0.2, -0.15) is 0 Å². The van der Waals surface area contributed by atoms with Crippen LogP contribution in [-0.2, 0) is 0 Å². The van der Waals surface area contributed by atoms with E-state index in [1.54, 1.807) is 6.07 Å². The predicted octanol–water partition coefficient (Wildman–Crippen LogP) is 3.96. The molecule has 1 aromatic carbocycles. The van der Waals surface area contributed by atoms with Crippen molar-refractivity contribution in [3.05, 3.63) is 29.6 Å². The van der Waals surface area contributed by atoms with Gasteiger partial charge >= 0.3 is 0 Å². The summed E-state index contributed by atoms with van der Waals surface area (Å²) >= 11 is 0. The minimum atomic E-state index is -0.400. The minimum absolute atomic E-state index is 0.0388. The largest absolute Gasteiger partial charge is 0.508 e. The van der Waals surface area contributed by atoms with Gasteiger partial charge in [0, 0.05) is 30.3 Å². The summed E-state index contributed by atoms with van der Waals surface area (Å²) < 4.78 is 13.0. The Morgan fingerprint density at radius 2 is 1.78 bits per heavy atom. The number of phenols is 1. The Morgan fingerprint density at radius 3 is 2.22 bits per heavy atom. The number of hydrogen-bond donors (Lipinski definition) is 1. The van der Waals surface area contributed by atoms with Gasteiger partial charge in [0.15, 0.2) is 0 Å². The van der Waals surface area contributed by atoms with Crippen molar-refractivity contribution >= 4 is 0 Å². The van der Waals surface area contributed by atoms with E-state index in [1.807, 2.05) is 0 Å². The van der Waals surface area contributed by atoms with Gasteiger partial charge in [0.1, 0.15) is 11.6 Å². The normalized spacial score (nSPS) is 13.6. The van der Waals surface area contributed by atoms with Crippen molar-refractivity contribution in [1.29, 1.82) is 0 Å². The van der Waals surface area contributed by atoms with Crippen LogP contribution in [-0.4, -0.2) is 22.6 Å². The zero-order chi connectivity index (χ0) is 13.9. The highest BCUT2D eigenvalue weighted by Gasteiger charge is 2.22. The van der Waals surface area contributed by atoms with Crippen molar-refractivity contribution in [3.8, 4) is 5.75 Å². The minimum Gasteiger partial charge on any atom is -0.508 e. The first-order chi connectivity index (χ1) is 8.32. The van der Waals surface area contributed by atoms with Gasteiger partial charge < -0.3 is 5.11 Å². The summed E-state index contributed by atoms with van der Waals surface area (Å²) in [7, 11) is 0. The second-order valence-corrected chi connectivity index (χ2v) is 5.56. The quantitative estimate of drug-likeness (QED) is 0.858. The van der Waals surface area contributed by atoms with E-state index in [9.17, 15) is 9.50 Å². The first-order valence-corrected chi connectivity index (χ1v) is 6.57. The molecule has 0 bridgehead atoms. The van der Waals surface area contributed by atoms with E-state index in [1.165, 1.54) is 12.1 Å². The molecule has 0 fully saturated rings. The SMILES string of the molecule is CC(C)CN(C(C)C)C(C)c1ccc(F)cc1O. The van der Waals surface area contributed by atoms with Crippen LogP contribution >= 0.6 is 0 Å². The van der Waals surface area contributed by atoms with E-state index in [-0.39, 0.29) is 11.8 Å². The molecule has 0 aliphatic rings. The molecular weight excluding hydrogens is 229 g/mol. The van der Waals surface area contributed by atoms with Crippen LogP contribution in [0.2, 0.25) is 0 Å². The molecular formula is C15H24FNO. The molecule has 2 nitrogen and oxygen atoms in total. The average Bonchev–Trinajstić information content (AvgIpc) is 2.24. The van der Waals surface area contributed by atoms with Gasteiger partial charge in [-0.1, -0.05) is 19.9 Å². The number of hydrogen-bond acceptors (Lipinski definition) is 2. The van der Waals surface area contributed by atoms with Crippen LogP contribution in [0.25, 0.3) is 0 Å². The Balaban J connectivity index is 2.98. The first-order valence-electron chi connectivity index (χ1n) is 6.57. The summed E-state index contributed by atoms with van der Waals surface area (Å²) in [6.45, 7) is 11.6. The van der Waals surface area contributed by atoms with Gasteiger partial charge in [-0.25, -0.2) is 4.39 Å². The van der Waals surface area contributed by atoms with E-state index < -0.39 is 5.82 Å². The molecule has 1 N–H and O–H groups in total. The number of nitrogens with zero attached hydrogens (tertiary/aromatic N) is 1. The molecule has 0 amide bonds. The van der Waals surface area contributed by atoms with Crippen LogP contribution < -0.4 is 0 Å². The maximum Gasteiger partial charge on any atom is 0.126 e. The lowest BCUT2D eigenvalue weighted by Gasteiger charge is -2.34. The van der Waals surface area contributed by atoms with Crippen LogP contribution in [0.4, 0.5) is 4.39 Å². The molecule has 0 spiro atoms. The molecule has 0 aliphatic heterocycles. The molecule has 0 heterocycles. The first kappa shape index (κ1) is 15.0. The number of benzene rings is 1. The molecule has 3 heteroatoms. The lowest BCUT2D eigenvalue weighted by atomic mass is 10.0. The molecule has 1 aromatic rings. The van der Waals surface area contributed by atoms with Crippen LogP contribution in [0, 0.1) is 11.7 Å². The van der Waals surface area contributed by atoms with Gasteiger partial charge in [0.05, 0.1) is 0 Å². The van der Waals surface area contributed by atoms with Gasteiger partial charge in [0.2, 0.25) is 0 Å². The lowest BCUT2D eigenvalue weighted by Crippen LogP contribution is -2.36. The summed E-state index contributed by atoms with van der Waals surface area (Å²) in [5, 5.41) is 9.86. The van der Waals surface area contributed by atoms with Crippen molar-refractivity contribution in [2.45, 2.75) is 46.7 Å². The molecule has 0 radical (unpaired) electrons. The maximum atomic E-state index is 13.0. The summed E-state index contributed by atoms with van der Waals surface area (Å²) in [4.78, 5) is 2.32. The third-order valence-electron chi connectivity index (χ3n) is 3.18. The second-order valence-electron chi connectivity index (χ2n) is 5.56. The summed E-state index contributed by atoms with van der Waals surface area (Å²) in [5.74, 6) is 0.192. The molecule has 102 valence electrons. The lowest BCUT2D eigenvalue weighted by molar-refractivity contribution is 0.143. The predicted molar refractivity (Wildman–Crippen MR) is 73.2 cm³/mol. The van der Waals surface area contributed by atoms with Crippen LogP contribution in [0.15, 0.2) is 18.2 Å². The van der Waals surface area contributed by atoms with Crippen molar-refractivity contribution in [2.75, 3.05) is 6.54 Å². The highest BCUT2D eigenvalue weighted by atomic mass is 19.1. The summed E-state index contributed by atoms with van der Waals surface area (Å²) in [6.07, 6.45) is 0. The third kappa shape index (κ3) is 3.70. The van der Waals surface area contributed by atoms with Crippen molar-refractivity contribution < 1.29 is 9.50 Å². The highest BCUT2D eigenvalue weighted by molar-refractivity contribution is 5.35. The molecule has 1 unspecified atom stereocenters. The molecule has 0 saturated heterocycles. The molecule has 18 heavy (non-hydrogen) atoms. The van der Waals surface area contributed by atoms with E-state index in [0.29, 0.717) is 12.0 Å². The Morgan fingerprint density at radius 1 is 1.17 bits per heavy atom. The topological polar surface area (TPSA) is 23.5 Å². The number of phenolic OH excluding ortho intramolecular Hbond substituents is 1. The van der Waals surface area contributed by atoms with Gasteiger partial charge in [-0.3, -0.25) is 4.90 Å². The fourth-order valence-corrected chi connectivity index (χ4v) is 2.29. The smallest absolute Gasteiger partial charge is 0.126 e.